The Labute approximate surface area is 142 Å². The maximum Gasteiger partial charge on any atom is 0.262 e. The van der Waals surface area contributed by atoms with Crippen molar-refractivity contribution in [1.29, 1.82) is 0 Å². The van der Waals surface area contributed by atoms with Crippen LogP contribution in [-0.4, -0.2) is 33.7 Å². The molecule has 2 aromatic rings. The highest BCUT2D eigenvalue weighted by atomic mass is 32.2. The Bertz CT molecular complexity index is 774. The molecule has 0 atom stereocenters. The number of ether oxygens (including phenoxy) is 1. The second kappa shape index (κ2) is 7.83. The molecule has 6 nitrogen and oxygen atoms in total. The fraction of sp³-hybridized carbons (Fsp3) is 0.235. The molecule has 128 valence electrons. The lowest BCUT2D eigenvalue weighted by atomic mass is 10.3. The minimum atomic E-state index is -3.31. The third kappa shape index (κ3) is 4.99. The largest absolute Gasteiger partial charge is 0.484 e. The van der Waals surface area contributed by atoms with Crippen molar-refractivity contribution in [3.63, 3.8) is 0 Å². The van der Waals surface area contributed by atoms with Crippen molar-refractivity contribution < 1.29 is 17.9 Å². The van der Waals surface area contributed by atoms with Gasteiger partial charge in [0, 0.05) is 12.2 Å². The lowest BCUT2D eigenvalue weighted by Gasteiger charge is -2.20. The number of amides is 1. The molecule has 1 N–H and O–H groups in total. The van der Waals surface area contributed by atoms with E-state index >= 15 is 0 Å². The molecule has 0 unspecified atom stereocenters. The summed E-state index contributed by atoms with van der Waals surface area (Å²) in [5, 5.41) is 2.72. The van der Waals surface area contributed by atoms with Crippen molar-refractivity contribution >= 4 is 27.3 Å². The van der Waals surface area contributed by atoms with Gasteiger partial charge < -0.3 is 10.1 Å². The Morgan fingerprint density at radius 1 is 1.08 bits per heavy atom. The van der Waals surface area contributed by atoms with E-state index in [1.165, 1.54) is 4.31 Å². The molecular weight excluding hydrogens is 328 g/mol. The van der Waals surface area contributed by atoms with Crippen molar-refractivity contribution in [2.45, 2.75) is 6.92 Å². The second-order valence-corrected chi connectivity index (χ2v) is 7.03. The van der Waals surface area contributed by atoms with Gasteiger partial charge >= 0.3 is 0 Å². The molecule has 0 heterocycles. The number of nitrogens with zero attached hydrogens (tertiary/aromatic N) is 1. The van der Waals surface area contributed by atoms with Crippen molar-refractivity contribution in [3.05, 3.63) is 54.6 Å². The maximum atomic E-state index is 11.8. The summed E-state index contributed by atoms with van der Waals surface area (Å²) in [7, 11) is -3.31. The minimum Gasteiger partial charge on any atom is -0.484 e. The zero-order valence-electron chi connectivity index (χ0n) is 13.6. The van der Waals surface area contributed by atoms with Gasteiger partial charge in [0.15, 0.2) is 6.61 Å². The van der Waals surface area contributed by atoms with Crippen LogP contribution >= 0.6 is 0 Å². The Kier molecular flexibility index (Phi) is 5.81. The summed E-state index contributed by atoms with van der Waals surface area (Å²) in [4.78, 5) is 11.8. The smallest absolute Gasteiger partial charge is 0.262 e. The molecule has 0 spiro atoms. The van der Waals surface area contributed by atoms with Crippen molar-refractivity contribution in [1.82, 2.24) is 0 Å². The molecule has 0 saturated heterocycles. The molecule has 0 aliphatic rings. The first-order valence-corrected chi connectivity index (χ1v) is 9.30. The number of hydrogen-bond donors (Lipinski definition) is 1. The highest BCUT2D eigenvalue weighted by Gasteiger charge is 2.15. The van der Waals surface area contributed by atoms with Gasteiger partial charge in [0.2, 0.25) is 10.0 Å². The van der Waals surface area contributed by atoms with Crippen LogP contribution < -0.4 is 14.4 Å². The number of para-hydroxylation sites is 1. The van der Waals surface area contributed by atoms with Gasteiger partial charge in [-0.2, -0.15) is 0 Å². The first kappa shape index (κ1) is 17.8. The molecule has 1 amide bonds. The summed E-state index contributed by atoms with van der Waals surface area (Å²) in [6.07, 6.45) is 1.16. The summed E-state index contributed by atoms with van der Waals surface area (Å²) in [6.45, 7) is 1.98. The molecule has 7 heteroatoms. The summed E-state index contributed by atoms with van der Waals surface area (Å²) >= 11 is 0. The van der Waals surface area contributed by atoms with Gasteiger partial charge in [-0.25, -0.2) is 8.42 Å². The molecule has 0 aromatic heterocycles. The third-order valence-electron chi connectivity index (χ3n) is 3.24. The SMILES string of the molecule is CCN(c1ccc(OCC(=O)Nc2ccccc2)cc1)S(C)(=O)=O. The topological polar surface area (TPSA) is 75.7 Å². The molecule has 0 saturated carbocycles. The van der Waals surface area contributed by atoms with E-state index in [1.807, 2.05) is 18.2 Å². The quantitative estimate of drug-likeness (QED) is 0.834. The van der Waals surface area contributed by atoms with Crippen molar-refractivity contribution in [3.8, 4) is 5.75 Å². The summed E-state index contributed by atoms with van der Waals surface area (Å²) < 4.78 is 30.1. The number of carbonyl (C=O) groups excluding carboxylic acids is 1. The van der Waals surface area contributed by atoms with E-state index in [-0.39, 0.29) is 12.5 Å². The first-order chi connectivity index (χ1) is 11.4. The Morgan fingerprint density at radius 2 is 1.71 bits per heavy atom. The molecule has 2 aromatic carbocycles. The van der Waals surface area contributed by atoms with Crippen molar-refractivity contribution in [2.24, 2.45) is 0 Å². The van der Waals surface area contributed by atoms with Crippen LogP contribution in [0.1, 0.15) is 6.92 Å². The molecule has 24 heavy (non-hydrogen) atoms. The van der Waals surface area contributed by atoms with E-state index in [4.69, 9.17) is 4.74 Å². The Balaban J connectivity index is 1.93. The highest BCUT2D eigenvalue weighted by molar-refractivity contribution is 7.92. The predicted molar refractivity (Wildman–Crippen MR) is 94.9 cm³/mol. The average Bonchev–Trinajstić information content (AvgIpc) is 2.54. The fourth-order valence-corrected chi connectivity index (χ4v) is 3.16. The second-order valence-electron chi connectivity index (χ2n) is 5.12. The number of rotatable bonds is 7. The number of nitrogens with one attached hydrogen (secondary N) is 1. The van der Waals surface area contributed by atoms with Crippen LogP contribution in [0.3, 0.4) is 0 Å². The van der Waals surface area contributed by atoms with Gasteiger partial charge in [-0.3, -0.25) is 9.10 Å². The Morgan fingerprint density at radius 3 is 2.25 bits per heavy atom. The molecule has 0 radical (unpaired) electrons. The normalized spacial score (nSPS) is 10.9. The van der Waals surface area contributed by atoms with Gasteiger partial charge in [-0.15, -0.1) is 0 Å². The zero-order valence-corrected chi connectivity index (χ0v) is 14.4. The number of benzene rings is 2. The Hall–Kier alpha value is -2.54. The summed E-state index contributed by atoms with van der Waals surface area (Å²) in [5.74, 6) is 0.225. The molecule has 2 rings (SSSR count). The van der Waals surface area contributed by atoms with Gasteiger partial charge in [0.1, 0.15) is 5.75 Å². The van der Waals surface area contributed by atoms with Crippen LogP contribution in [0.4, 0.5) is 11.4 Å². The van der Waals surface area contributed by atoms with E-state index in [0.717, 1.165) is 6.26 Å². The average molecular weight is 348 g/mol. The predicted octanol–water partition coefficient (Wildman–Crippen LogP) is 2.49. The molecule has 0 bridgehead atoms. The van der Waals surface area contributed by atoms with E-state index in [2.05, 4.69) is 5.32 Å². The highest BCUT2D eigenvalue weighted by Crippen LogP contribution is 2.21. The van der Waals surface area contributed by atoms with Gasteiger partial charge in [0.25, 0.3) is 5.91 Å². The lowest BCUT2D eigenvalue weighted by molar-refractivity contribution is -0.118. The van der Waals surface area contributed by atoms with E-state index in [0.29, 0.717) is 23.7 Å². The van der Waals surface area contributed by atoms with Crippen LogP contribution in [-0.2, 0) is 14.8 Å². The lowest BCUT2D eigenvalue weighted by Crippen LogP contribution is -2.29. The van der Waals surface area contributed by atoms with Crippen LogP contribution in [0, 0.1) is 0 Å². The number of anilines is 2. The first-order valence-electron chi connectivity index (χ1n) is 7.45. The van der Waals surface area contributed by atoms with Crippen LogP contribution in [0.5, 0.6) is 5.75 Å². The number of sulfonamides is 1. The van der Waals surface area contributed by atoms with E-state index in [1.54, 1.807) is 43.3 Å². The van der Waals surface area contributed by atoms with Crippen LogP contribution in [0.2, 0.25) is 0 Å². The minimum absolute atomic E-state index is 0.127. The van der Waals surface area contributed by atoms with Gasteiger partial charge in [-0.05, 0) is 43.3 Å². The van der Waals surface area contributed by atoms with Gasteiger partial charge in [0.05, 0.1) is 11.9 Å². The monoisotopic (exact) mass is 348 g/mol. The maximum absolute atomic E-state index is 11.8. The molecule has 0 fully saturated rings. The number of hydrogen-bond acceptors (Lipinski definition) is 4. The third-order valence-corrected chi connectivity index (χ3v) is 4.51. The molecular formula is C17H20N2O4S. The number of carbonyl (C=O) groups is 1. The van der Waals surface area contributed by atoms with Crippen LogP contribution in [0.25, 0.3) is 0 Å². The fourth-order valence-electron chi connectivity index (χ4n) is 2.18. The summed E-state index contributed by atoms with van der Waals surface area (Å²) in [6, 6.07) is 15.7. The van der Waals surface area contributed by atoms with E-state index in [9.17, 15) is 13.2 Å². The van der Waals surface area contributed by atoms with Crippen LogP contribution in [0.15, 0.2) is 54.6 Å². The molecule has 0 aliphatic carbocycles. The van der Waals surface area contributed by atoms with Crippen molar-refractivity contribution in [2.75, 3.05) is 29.0 Å². The van der Waals surface area contributed by atoms with E-state index < -0.39 is 10.0 Å². The zero-order chi connectivity index (χ0) is 17.6. The molecule has 0 aliphatic heterocycles. The standard InChI is InChI=1S/C17H20N2O4S/c1-3-19(24(2,21)22)15-9-11-16(12-10-15)23-13-17(20)18-14-7-5-4-6-8-14/h4-12H,3,13H2,1-2H3,(H,18,20). The summed E-state index contributed by atoms with van der Waals surface area (Å²) in [5.41, 5.74) is 1.26. The van der Waals surface area contributed by atoms with Gasteiger partial charge in [-0.1, -0.05) is 18.2 Å².